The highest BCUT2D eigenvalue weighted by Crippen LogP contribution is 2.17. The summed E-state index contributed by atoms with van der Waals surface area (Å²) >= 11 is 1.00. The van der Waals surface area contributed by atoms with Crippen molar-refractivity contribution in [2.24, 2.45) is 5.92 Å². The highest BCUT2D eigenvalue weighted by molar-refractivity contribution is 8.04. The van der Waals surface area contributed by atoms with Gasteiger partial charge in [-0.25, -0.2) is 0 Å². The van der Waals surface area contributed by atoms with Gasteiger partial charge in [-0.05, 0) is 42.9 Å². The first kappa shape index (κ1) is 23.2. The molecular formula is C19H29N3O4S. The normalized spacial score (nSPS) is 11.8. The molecule has 1 rings (SSSR count). The number of thiocyanates is 1. The summed E-state index contributed by atoms with van der Waals surface area (Å²) < 4.78 is 16.8. The third-order valence-electron chi connectivity index (χ3n) is 3.31. The molecule has 0 aliphatic heterocycles. The van der Waals surface area contributed by atoms with Crippen LogP contribution in [0.3, 0.4) is 0 Å². The Morgan fingerprint density at radius 1 is 1.26 bits per heavy atom. The number of rotatable bonds is 14. The molecule has 7 nitrogen and oxygen atoms in total. The van der Waals surface area contributed by atoms with Gasteiger partial charge in [0, 0.05) is 25.3 Å². The number of ether oxygens (including phenoxy) is 3. The molecule has 150 valence electrons. The predicted molar refractivity (Wildman–Crippen MR) is 107 cm³/mol. The van der Waals surface area contributed by atoms with Crippen LogP contribution < -0.4 is 15.4 Å². The number of benzene rings is 1. The lowest BCUT2D eigenvalue weighted by molar-refractivity contribution is 0.0163. The highest BCUT2D eigenvalue weighted by atomic mass is 32.2. The monoisotopic (exact) mass is 395 g/mol. The second kappa shape index (κ2) is 14.3. The smallest absolute Gasteiger partial charge is 0.251 e. The number of amides is 1. The number of carbonyl (C=O) groups excluding carboxylic acids is 1. The van der Waals surface area contributed by atoms with E-state index in [1.165, 1.54) is 0 Å². The standard InChI is InChI=1S/C19H29N3O4S/c1-15(2)12-24-9-10-25-18(27-14-20)13-26-17-6-4-5-16(11-17)19(23)22-8-7-21-3/h4-6,11,15,18,21H,7-10,12-13H2,1-3H3,(H,22,23). The Bertz CT molecular complexity index is 593. The maximum Gasteiger partial charge on any atom is 0.251 e. The molecule has 1 aromatic rings. The van der Waals surface area contributed by atoms with Crippen molar-refractivity contribution in [2.45, 2.75) is 19.3 Å². The van der Waals surface area contributed by atoms with Crippen LogP contribution >= 0.6 is 11.8 Å². The Kier molecular flexibility index (Phi) is 12.3. The van der Waals surface area contributed by atoms with Gasteiger partial charge < -0.3 is 24.8 Å². The van der Waals surface area contributed by atoms with Crippen LogP contribution in [0.1, 0.15) is 24.2 Å². The molecule has 0 spiro atoms. The van der Waals surface area contributed by atoms with E-state index in [4.69, 9.17) is 19.5 Å². The molecule has 0 heterocycles. The first-order valence-corrected chi connectivity index (χ1v) is 9.84. The maximum absolute atomic E-state index is 12.1. The summed E-state index contributed by atoms with van der Waals surface area (Å²) in [6, 6.07) is 6.93. The Hall–Kier alpha value is -1.79. The van der Waals surface area contributed by atoms with Gasteiger partial charge in [-0.15, -0.1) is 0 Å². The number of thioether (sulfide) groups is 1. The number of nitrogens with zero attached hydrogens (tertiary/aromatic N) is 1. The number of likely N-dealkylation sites (N-methyl/N-ethyl adjacent to an activating group) is 1. The van der Waals surface area contributed by atoms with Crippen LogP contribution in [0.2, 0.25) is 0 Å². The molecule has 0 aliphatic rings. The lowest BCUT2D eigenvalue weighted by Crippen LogP contribution is -2.30. The van der Waals surface area contributed by atoms with E-state index in [1.54, 1.807) is 24.3 Å². The zero-order valence-corrected chi connectivity index (χ0v) is 17.0. The summed E-state index contributed by atoms with van der Waals surface area (Å²) in [4.78, 5) is 12.1. The van der Waals surface area contributed by atoms with Crippen molar-refractivity contribution in [1.29, 1.82) is 5.26 Å². The molecule has 1 unspecified atom stereocenters. The summed E-state index contributed by atoms with van der Waals surface area (Å²) in [5, 5.41) is 16.7. The SMILES string of the molecule is CNCCNC(=O)c1cccc(OCC(OCCOCC(C)C)SC#N)c1. The van der Waals surface area contributed by atoms with E-state index in [-0.39, 0.29) is 12.5 Å². The zero-order valence-electron chi connectivity index (χ0n) is 16.2. The van der Waals surface area contributed by atoms with E-state index in [2.05, 4.69) is 24.5 Å². The maximum atomic E-state index is 12.1. The van der Waals surface area contributed by atoms with Crippen LogP contribution in [0.4, 0.5) is 0 Å². The number of hydrogen-bond acceptors (Lipinski definition) is 7. The fourth-order valence-corrected chi connectivity index (χ4v) is 2.44. The number of nitrogens with one attached hydrogen (secondary N) is 2. The highest BCUT2D eigenvalue weighted by Gasteiger charge is 2.12. The first-order chi connectivity index (χ1) is 13.1. The van der Waals surface area contributed by atoms with Crippen molar-refractivity contribution in [3.8, 4) is 11.2 Å². The van der Waals surface area contributed by atoms with Crippen molar-refractivity contribution in [3.05, 3.63) is 29.8 Å². The van der Waals surface area contributed by atoms with Crippen LogP contribution in [0.5, 0.6) is 5.75 Å². The lowest BCUT2D eigenvalue weighted by atomic mass is 10.2. The van der Waals surface area contributed by atoms with Crippen LogP contribution in [0.25, 0.3) is 0 Å². The Morgan fingerprint density at radius 3 is 2.78 bits per heavy atom. The minimum atomic E-state index is -0.425. The summed E-state index contributed by atoms with van der Waals surface area (Å²) in [5.74, 6) is 0.872. The van der Waals surface area contributed by atoms with Crippen LogP contribution in [-0.4, -0.2) is 57.9 Å². The van der Waals surface area contributed by atoms with Gasteiger partial charge in [-0.1, -0.05) is 19.9 Å². The van der Waals surface area contributed by atoms with Crippen molar-refractivity contribution >= 4 is 17.7 Å². The Balaban J connectivity index is 2.44. The molecule has 0 saturated carbocycles. The van der Waals surface area contributed by atoms with Gasteiger partial charge in [-0.3, -0.25) is 4.79 Å². The third kappa shape index (κ3) is 10.8. The van der Waals surface area contributed by atoms with Gasteiger partial charge >= 0.3 is 0 Å². The minimum Gasteiger partial charge on any atom is -0.490 e. The molecule has 0 bridgehead atoms. The second-order valence-corrected chi connectivity index (χ2v) is 7.12. The van der Waals surface area contributed by atoms with Crippen molar-refractivity contribution in [3.63, 3.8) is 0 Å². The lowest BCUT2D eigenvalue weighted by Gasteiger charge is -2.16. The van der Waals surface area contributed by atoms with E-state index >= 15 is 0 Å². The fourth-order valence-electron chi connectivity index (χ4n) is 2.03. The quantitative estimate of drug-likeness (QED) is 0.283. The van der Waals surface area contributed by atoms with Gasteiger partial charge in [0.1, 0.15) is 17.8 Å². The van der Waals surface area contributed by atoms with E-state index in [9.17, 15) is 4.79 Å². The fraction of sp³-hybridized carbons (Fsp3) is 0.579. The van der Waals surface area contributed by atoms with E-state index in [1.807, 2.05) is 12.4 Å². The molecule has 1 atom stereocenters. The predicted octanol–water partition coefficient (Wildman–Crippen LogP) is 2.24. The zero-order chi connectivity index (χ0) is 19.9. The average molecular weight is 396 g/mol. The van der Waals surface area contributed by atoms with Crippen LogP contribution in [-0.2, 0) is 9.47 Å². The summed E-state index contributed by atoms with van der Waals surface area (Å²) in [7, 11) is 1.83. The molecule has 8 heteroatoms. The summed E-state index contributed by atoms with van der Waals surface area (Å²) in [6.45, 7) is 7.16. The van der Waals surface area contributed by atoms with Gasteiger partial charge in [0.2, 0.25) is 0 Å². The first-order valence-electron chi connectivity index (χ1n) is 8.96. The molecular weight excluding hydrogens is 366 g/mol. The topological polar surface area (TPSA) is 92.6 Å². The van der Waals surface area contributed by atoms with Crippen LogP contribution in [0.15, 0.2) is 24.3 Å². The van der Waals surface area contributed by atoms with Gasteiger partial charge in [0.15, 0.2) is 5.44 Å². The van der Waals surface area contributed by atoms with Gasteiger partial charge in [0.05, 0.1) is 13.2 Å². The largest absolute Gasteiger partial charge is 0.490 e. The molecule has 0 fully saturated rings. The average Bonchev–Trinajstić information content (AvgIpc) is 2.65. The van der Waals surface area contributed by atoms with Crippen LogP contribution in [0, 0.1) is 16.6 Å². The van der Waals surface area contributed by atoms with E-state index < -0.39 is 5.44 Å². The van der Waals surface area contributed by atoms with Crippen molar-refractivity contribution < 1.29 is 19.0 Å². The number of hydrogen-bond donors (Lipinski definition) is 2. The molecule has 0 aliphatic carbocycles. The molecule has 1 amide bonds. The van der Waals surface area contributed by atoms with Gasteiger partial charge in [-0.2, -0.15) is 5.26 Å². The minimum absolute atomic E-state index is 0.155. The summed E-state index contributed by atoms with van der Waals surface area (Å²) in [6.07, 6.45) is 0. The van der Waals surface area contributed by atoms with Crippen molar-refractivity contribution in [1.82, 2.24) is 10.6 Å². The molecule has 1 aromatic carbocycles. The second-order valence-electron chi connectivity index (χ2n) is 6.18. The summed E-state index contributed by atoms with van der Waals surface area (Å²) in [5.41, 5.74) is 0.0989. The molecule has 0 radical (unpaired) electrons. The van der Waals surface area contributed by atoms with Crippen molar-refractivity contribution in [2.75, 3.05) is 46.6 Å². The molecule has 27 heavy (non-hydrogen) atoms. The number of carbonyl (C=O) groups is 1. The Morgan fingerprint density at radius 2 is 2.07 bits per heavy atom. The van der Waals surface area contributed by atoms with Gasteiger partial charge in [0.25, 0.3) is 5.91 Å². The van der Waals surface area contributed by atoms with E-state index in [0.29, 0.717) is 50.1 Å². The molecule has 0 aromatic heterocycles. The third-order valence-corrected chi connectivity index (χ3v) is 3.95. The number of nitriles is 1. The molecule has 2 N–H and O–H groups in total. The van der Waals surface area contributed by atoms with E-state index in [0.717, 1.165) is 11.8 Å². The molecule has 0 saturated heterocycles. The Labute approximate surface area is 165 Å².